The minimum atomic E-state index is -1.09. The first-order valence-electron chi connectivity index (χ1n) is 5.84. The molecule has 100 valence electrons. The highest BCUT2D eigenvalue weighted by Crippen LogP contribution is 2.21. The quantitative estimate of drug-likeness (QED) is 0.849. The third-order valence-corrected chi connectivity index (χ3v) is 2.70. The molecule has 0 unspecified atom stereocenters. The van der Waals surface area contributed by atoms with Gasteiger partial charge in [0, 0.05) is 12.1 Å². The molecule has 1 rings (SSSR count). The Bertz CT molecular complexity index is 512. The normalized spacial score (nSPS) is 10.6. The first-order valence-corrected chi connectivity index (χ1v) is 5.84. The van der Waals surface area contributed by atoms with Crippen molar-refractivity contribution in [1.82, 2.24) is 0 Å². The zero-order valence-electron chi connectivity index (χ0n) is 10.9. The van der Waals surface area contributed by atoms with Crippen LogP contribution >= 0.6 is 0 Å². The number of carbonyl (C=O) groups excluding carboxylic acids is 1. The monoisotopic (exact) mass is 260 g/mol. The number of carboxylic acid groups (broad SMARTS) is 1. The number of hydrogen-bond donors (Lipinski definition) is 2. The summed E-state index contributed by atoms with van der Waals surface area (Å²) >= 11 is 0. The molecule has 0 aliphatic rings. The van der Waals surface area contributed by atoms with Gasteiger partial charge in [-0.15, -0.1) is 0 Å². The minimum absolute atomic E-state index is 0.0950. The van der Waals surface area contributed by atoms with E-state index >= 15 is 0 Å². The van der Waals surface area contributed by atoms with Gasteiger partial charge < -0.3 is 10.4 Å². The van der Waals surface area contributed by atoms with Crippen molar-refractivity contribution >= 4 is 17.6 Å². The summed E-state index contributed by atoms with van der Waals surface area (Å²) in [7, 11) is 0. The van der Waals surface area contributed by atoms with Gasteiger partial charge in [0.25, 0.3) is 0 Å². The van der Waals surface area contributed by atoms with Crippen LogP contribution in [-0.2, 0) is 16.0 Å². The molecule has 5 heteroatoms. The van der Waals surface area contributed by atoms with Crippen LogP contribution in [0.2, 0.25) is 0 Å². The number of nitrogens with one attached hydrogen (secondary N) is 1. The Morgan fingerprint density at radius 1 is 1.32 bits per heavy atom. The molecule has 0 aliphatic heterocycles. The number of nitrogens with zero attached hydrogens (tertiary/aromatic N) is 1. The van der Waals surface area contributed by atoms with Gasteiger partial charge >= 0.3 is 5.97 Å². The SMILES string of the molecule is CC(C)(CC(=O)Nc1ccc(CC#N)cc1)C(=O)O. The number of aliphatic carboxylic acids is 1. The fraction of sp³-hybridized carbons (Fsp3) is 0.357. The molecule has 1 amide bonds. The Balaban J connectivity index is 2.63. The van der Waals surface area contributed by atoms with Crippen molar-refractivity contribution < 1.29 is 14.7 Å². The predicted octanol–water partition coefficient (Wildman–Crippen LogP) is 2.19. The van der Waals surface area contributed by atoms with E-state index < -0.39 is 11.4 Å². The van der Waals surface area contributed by atoms with E-state index in [4.69, 9.17) is 10.4 Å². The molecule has 0 saturated carbocycles. The number of carboxylic acids is 1. The second-order valence-corrected chi connectivity index (χ2v) is 4.95. The zero-order chi connectivity index (χ0) is 14.5. The Morgan fingerprint density at radius 2 is 1.89 bits per heavy atom. The van der Waals surface area contributed by atoms with Gasteiger partial charge in [0.05, 0.1) is 17.9 Å². The molecule has 0 atom stereocenters. The fourth-order valence-corrected chi connectivity index (χ4v) is 1.48. The van der Waals surface area contributed by atoms with Crippen molar-refractivity contribution in [3.63, 3.8) is 0 Å². The molecule has 0 radical (unpaired) electrons. The largest absolute Gasteiger partial charge is 0.481 e. The fourth-order valence-electron chi connectivity index (χ4n) is 1.48. The van der Waals surface area contributed by atoms with Crippen LogP contribution in [0.3, 0.4) is 0 Å². The van der Waals surface area contributed by atoms with Crippen LogP contribution in [0.4, 0.5) is 5.69 Å². The molecule has 2 N–H and O–H groups in total. The van der Waals surface area contributed by atoms with E-state index in [9.17, 15) is 9.59 Å². The van der Waals surface area contributed by atoms with Crippen LogP contribution < -0.4 is 5.32 Å². The van der Waals surface area contributed by atoms with Gasteiger partial charge in [-0.3, -0.25) is 9.59 Å². The second-order valence-electron chi connectivity index (χ2n) is 4.95. The maximum absolute atomic E-state index is 11.7. The van der Waals surface area contributed by atoms with Crippen molar-refractivity contribution in [1.29, 1.82) is 5.26 Å². The van der Waals surface area contributed by atoms with Gasteiger partial charge in [0.15, 0.2) is 0 Å². The first-order chi connectivity index (χ1) is 8.85. The summed E-state index contributed by atoms with van der Waals surface area (Å²) in [5.41, 5.74) is 0.365. The van der Waals surface area contributed by atoms with Crippen LogP contribution in [0.5, 0.6) is 0 Å². The number of benzene rings is 1. The van der Waals surface area contributed by atoms with Crippen LogP contribution in [0.1, 0.15) is 25.8 Å². The van der Waals surface area contributed by atoms with Crippen LogP contribution in [0.25, 0.3) is 0 Å². The first kappa shape index (κ1) is 14.7. The van der Waals surface area contributed by atoms with E-state index in [-0.39, 0.29) is 12.3 Å². The topological polar surface area (TPSA) is 90.2 Å². The Hall–Kier alpha value is -2.35. The number of anilines is 1. The molecule has 0 spiro atoms. The summed E-state index contributed by atoms with van der Waals surface area (Å²) in [6.45, 7) is 3.01. The lowest BCUT2D eigenvalue weighted by Crippen LogP contribution is -2.29. The number of hydrogen-bond acceptors (Lipinski definition) is 3. The molecule has 1 aromatic carbocycles. The van der Waals surface area contributed by atoms with Crippen molar-refractivity contribution in [2.45, 2.75) is 26.7 Å². The summed E-state index contributed by atoms with van der Waals surface area (Å²) in [6.07, 6.45) is 0.225. The second kappa shape index (κ2) is 6.01. The molecule has 0 aromatic heterocycles. The molecule has 0 fully saturated rings. The maximum Gasteiger partial charge on any atom is 0.309 e. The highest BCUT2D eigenvalue weighted by atomic mass is 16.4. The lowest BCUT2D eigenvalue weighted by Gasteiger charge is -2.18. The molecule has 5 nitrogen and oxygen atoms in total. The highest BCUT2D eigenvalue weighted by Gasteiger charge is 2.30. The molecule has 19 heavy (non-hydrogen) atoms. The van der Waals surface area contributed by atoms with E-state index in [1.807, 2.05) is 6.07 Å². The maximum atomic E-state index is 11.7. The van der Waals surface area contributed by atoms with Gasteiger partial charge in [-0.2, -0.15) is 5.26 Å². The Labute approximate surface area is 111 Å². The molecule has 0 heterocycles. The molecule has 0 bridgehead atoms. The molecule has 1 aromatic rings. The standard InChI is InChI=1S/C14H16N2O3/c1-14(2,13(18)19)9-12(17)16-11-5-3-10(4-6-11)7-8-15/h3-6H,7,9H2,1-2H3,(H,16,17)(H,18,19). The number of rotatable bonds is 5. The lowest BCUT2D eigenvalue weighted by atomic mass is 9.89. The summed E-state index contributed by atoms with van der Waals surface area (Å²) in [5.74, 6) is -1.35. The number of amides is 1. The van der Waals surface area contributed by atoms with Gasteiger partial charge in [-0.05, 0) is 31.5 Å². The third kappa shape index (κ3) is 4.43. The summed E-state index contributed by atoms with van der Waals surface area (Å²) in [5, 5.41) is 20.1. The number of nitriles is 1. The number of carbonyl (C=O) groups is 2. The average Bonchev–Trinajstić information content (AvgIpc) is 2.31. The highest BCUT2D eigenvalue weighted by molar-refractivity contribution is 5.94. The summed E-state index contributed by atoms with van der Waals surface area (Å²) in [6, 6.07) is 8.92. The zero-order valence-corrected chi connectivity index (χ0v) is 10.9. The molecular formula is C14H16N2O3. The van der Waals surface area contributed by atoms with Crippen LogP contribution in [0, 0.1) is 16.7 Å². The van der Waals surface area contributed by atoms with Crippen molar-refractivity contribution in [2.75, 3.05) is 5.32 Å². The van der Waals surface area contributed by atoms with Crippen molar-refractivity contribution in [2.24, 2.45) is 5.41 Å². The van der Waals surface area contributed by atoms with Gasteiger partial charge in [0.2, 0.25) is 5.91 Å². The lowest BCUT2D eigenvalue weighted by molar-refractivity contribution is -0.148. The van der Waals surface area contributed by atoms with E-state index in [0.29, 0.717) is 12.1 Å². The summed E-state index contributed by atoms with van der Waals surface area (Å²) < 4.78 is 0. The van der Waals surface area contributed by atoms with E-state index in [0.717, 1.165) is 5.56 Å². The van der Waals surface area contributed by atoms with Crippen LogP contribution in [-0.4, -0.2) is 17.0 Å². The molecule has 0 saturated heterocycles. The summed E-state index contributed by atoms with van der Waals surface area (Å²) in [4.78, 5) is 22.6. The molecule has 0 aliphatic carbocycles. The van der Waals surface area contributed by atoms with Gasteiger partial charge in [0.1, 0.15) is 0 Å². The van der Waals surface area contributed by atoms with Gasteiger partial charge in [-0.1, -0.05) is 12.1 Å². The Kier molecular flexibility index (Phi) is 4.65. The average molecular weight is 260 g/mol. The van der Waals surface area contributed by atoms with E-state index in [1.165, 1.54) is 13.8 Å². The van der Waals surface area contributed by atoms with Crippen molar-refractivity contribution in [3.05, 3.63) is 29.8 Å². The van der Waals surface area contributed by atoms with Gasteiger partial charge in [-0.25, -0.2) is 0 Å². The van der Waals surface area contributed by atoms with E-state index in [1.54, 1.807) is 24.3 Å². The Morgan fingerprint density at radius 3 is 2.37 bits per heavy atom. The third-order valence-electron chi connectivity index (χ3n) is 2.70. The smallest absolute Gasteiger partial charge is 0.309 e. The van der Waals surface area contributed by atoms with Crippen molar-refractivity contribution in [3.8, 4) is 6.07 Å². The predicted molar refractivity (Wildman–Crippen MR) is 70.4 cm³/mol. The minimum Gasteiger partial charge on any atom is -0.481 e. The van der Waals surface area contributed by atoms with E-state index in [2.05, 4.69) is 5.32 Å². The molecular weight excluding hydrogens is 244 g/mol. The van der Waals surface area contributed by atoms with Crippen LogP contribution in [0.15, 0.2) is 24.3 Å².